The van der Waals surface area contributed by atoms with Gasteiger partial charge in [0.25, 0.3) is 0 Å². The summed E-state index contributed by atoms with van der Waals surface area (Å²) < 4.78 is 0. The second-order valence-corrected chi connectivity index (χ2v) is 3.78. The van der Waals surface area contributed by atoms with E-state index in [2.05, 4.69) is 29.0 Å². The number of fused-ring (bicyclic) bond motifs is 1. The summed E-state index contributed by atoms with van der Waals surface area (Å²) >= 11 is 0. The average molecular weight is 205 g/mol. The lowest BCUT2D eigenvalue weighted by Crippen LogP contribution is -2.33. The molecule has 4 nitrogen and oxygen atoms in total. The number of pyridine rings is 1. The van der Waals surface area contributed by atoms with Crippen LogP contribution in [0.25, 0.3) is 0 Å². The average Bonchev–Trinajstić information content (AvgIpc) is 2.32. The molecule has 0 bridgehead atoms. The molecule has 2 rings (SSSR count). The Kier molecular flexibility index (Phi) is 2.58. The van der Waals surface area contributed by atoms with Gasteiger partial charge in [0.2, 0.25) is 5.91 Å². The molecule has 1 N–H and O–H groups in total. The standard InChI is InChI=1S/C11H15N3O/c1-3-14-8(2)6-11(15)13-9-7-12-5-4-10(9)14/h4-5,7-8H,3,6H2,1-2H3,(H,13,15). The topological polar surface area (TPSA) is 45.2 Å². The third kappa shape index (κ3) is 1.79. The molecular formula is C11H15N3O. The predicted octanol–water partition coefficient (Wildman–Crippen LogP) is 1.64. The van der Waals surface area contributed by atoms with E-state index in [1.54, 1.807) is 12.4 Å². The molecule has 4 heteroatoms. The Balaban J connectivity index is 2.46. The summed E-state index contributed by atoms with van der Waals surface area (Å²) in [5.41, 5.74) is 1.87. The third-order valence-corrected chi connectivity index (χ3v) is 2.74. The van der Waals surface area contributed by atoms with E-state index in [9.17, 15) is 4.79 Å². The number of carbonyl (C=O) groups is 1. The molecule has 2 heterocycles. The monoisotopic (exact) mass is 205 g/mol. The highest BCUT2D eigenvalue weighted by Gasteiger charge is 2.23. The van der Waals surface area contributed by atoms with Gasteiger partial charge in [0.15, 0.2) is 0 Å². The van der Waals surface area contributed by atoms with Gasteiger partial charge < -0.3 is 10.2 Å². The number of rotatable bonds is 1. The minimum atomic E-state index is 0.0627. The molecular weight excluding hydrogens is 190 g/mol. The van der Waals surface area contributed by atoms with Crippen molar-refractivity contribution in [3.63, 3.8) is 0 Å². The maximum absolute atomic E-state index is 11.6. The molecule has 0 spiro atoms. The van der Waals surface area contributed by atoms with E-state index < -0.39 is 0 Å². The van der Waals surface area contributed by atoms with Crippen LogP contribution in [0.3, 0.4) is 0 Å². The van der Waals surface area contributed by atoms with Crippen LogP contribution in [0.1, 0.15) is 20.3 Å². The molecule has 1 aliphatic rings. The summed E-state index contributed by atoms with van der Waals surface area (Å²) in [6.07, 6.45) is 3.99. The summed E-state index contributed by atoms with van der Waals surface area (Å²) in [6, 6.07) is 2.18. The molecule has 0 radical (unpaired) electrons. The molecule has 1 amide bonds. The number of anilines is 2. The van der Waals surface area contributed by atoms with Crippen LogP contribution in [0.15, 0.2) is 18.5 Å². The summed E-state index contributed by atoms with van der Waals surface area (Å²) in [4.78, 5) is 17.8. The number of hydrogen-bond acceptors (Lipinski definition) is 3. The smallest absolute Gasteiger partial charge is 0.226 e. The molecule has 1 aliphatic heterocycles. The maximum atomic E-state index is 11.6. The molecule has 0 saturated carbocycles. The van der Waals surface area contributed by atoms with Crippen molar-refractivity contribution in [2.75, 3.05) is 16.8 Å². The Bertz CT molecular complexity index is 378. The van der Waals surface area contributed by atoms with Crippen molar-refractivity contribution < 1.29 is 4.79 Å². The van der Waals surface area contributed by atoms with Gasteiger partial charge in [0, 0.05) is 25.2 Å². The lowest BCUT2D eigenvalue weighted by Gasteiger charge is -2.28. The predicted molar refractivity (Wildman–Crippen MR) is 60.0 cm³/mol. The third-order valence-electron chi connectivity index (χ3n) is 2.74. The van der Waals surface area contributed by atoms with Gasteiger partial charge in [-0.3, -0.25) is 9.78 Å². The summed E-state index contributed by atoms with van der Waals surface area (Å²) in [7, 11) is 0. The van der Waals surface area contributed by atoms with Gasteiger partial charge >= 0.3 is 0 Å². The molecule has 1 aromatic rings. The molecule has 15 heavy (non-hydrogen) atoms. The first kappa shape index (κ1) is 9.96. The van der Waals surface area contributed by atoms with Crippen molar-refractivity contribution in [3.05, 3.63) is 18.5 Å². The van der Waals surface area contributed by atoms with Crippen molar-refractivity contribution in [1.82, 2.24) is 4.98 Å². The zero-order chi connectivity index (χ0) is 10.8. The Morgan fingerprint density at radius 1 is 1.67 bits per heavy atom. The van der Waals surface area contributed by atoms with Crippen LogP contribution in [0, 0.1) is 0 Å². The Labute approximate surface area is 89.3 Å². The number of amides is 1. The van der Waals surface area contributed by atoms with Crippen LogP contribution in [0.5, 0.6) is 0 Å². The largest absolute Gasteiger partial charge is 0.367 e. The minimum absolute atomic E-state index is 0.0627. The lowest BCUT2D eigenvalue weighted by atomic mass is 10.2. The minimum Gasteiger partial charge on any atom is -0.367 e. The molecule has 1 atom stereocenters. The van der Waals surface area contributed by atoms with Crippen LogP contribution in [-0.2, 0) is 4.79 Å². The molecule has 0 fully saturated rings. The normalized spacial score (nSPS) is 20.5. The van der Waals surface area contributed by atoms with E-state index in [0.717, 1.165) is 17.9 Å². The van der Waals surface area contributed by atoms with E-state index in [1.165, 1.54) is 0 Å². The van der Waals surface area contributed by atoms with Gasteiger partial charge in [-0.1, -0.05) is 0 Å². The SMILES string of the molecule is CCN1c2ccncc2NC(=O)CC1C. The van der Waals surface area contributed by atoms with Crippen molar-refractivity contribution in [2.24, 2.45) is 0 Å². The molecule has 0 aliphatic carbocycles. The molecule has 1 aromatic heterocycles. The number of nitrogens with zero attached hydrogens (tertiary/aromatic N) is 2. The second-order valence-electron chi connectivity index (χ2n) is 3.78. The molecule has 0 saturated heterocycles. The van der Waals surface area contributed by atoms with Crippen LogP contribution in [-0.4, -0.2) is 23.5 Å². The van der Waals surface area contributed by atoms with Gasteiger partial charge in [-0.2, -0.15) is 0 Å². The number of nitrogens with one attached hydrogen (secondary N) is 1. The summed E-state index contributed by atoms with van der Waals surface area (Å²) in [6.45, 7) is 5.06. The van der Waals surface area contributed by atoms with Gasteiger partial charge in [-0.05, 0) is 19.9 Å². The zero-order valence-electron chi connectivity index (χ0n) is 9.03. The van der Waals surface area contributed by atoms with E-state index in [4.69, 9.17) is 0 Å². The van der Waals surface area contributed by atoms with Gasteiger partial charge in [-0.15, -0.1) is 0 Å². The fourth-order valence-corrected chi connectivity index (χ4v) is 2.03. The fourth-order valence-electron chi connectivity index (χ4n) is 2.03. The van der Waals surface area contributed by atoms with E-state index >= 15 is 0 Å². The lowest BCUT2D eigenvalue weighted by molar-refractivity contribution is -0.116. The van der Waals surface area contributed by atoms with Crippen LogP contribution in [0.2, 0.25) is 0 Å². The highest BCUT2D eigenvalue weighted by atomic mass is 16.1. The van der Waals surface area contributed by atoms with Crippen molar-refractivity contribution in [3.8, 4) is 0 Å². The van der Waals surface area contributed by atoms with Gasteiger partial charge in [0.05, 0.1) is 17.6 Å². The van der Waals surface area contributed by atoms with Gasteiger partial charge in [-0.25, -0.2) is 0 Å². The number of aromatic nitrogens is 1. The highest BCUT2D eigenvalue weighted by molar-refractivity contribution is 5.96. The fraction of sp³-hybridized carbons (Fsp3) is 0.455. The van der Waals surface area contributed by atoms with Crippen LogP contribution >= 0.6 is 0 Å². The van der Waals surface area contributed by atoms with Crippen LogP contribution < -0.4 is 10.2 Å². The Hall–Kier alpha value is -1.58. The quantitative estimate of drug-likeness (QED) is 0.758. The summed E-state index contributed by atoms with van der Waals surface area (Å²) in [5.74, 6) is 0.0627. The first-order chi connectivity index (χ1) is 7.22. The van der Waals surface area contributed by atoms with E-state index in [-0.39, 0.29) is 11.9 Å². The first-order valence-electron chi connectivity index (χ1n) is 5.23. The van der Waals surface area contributed by atoms with Crippen LogP contribution in [0.4, 0.5) is 11.4 Å². The van der Waals surface area contributed by atoms with E-state index in [1.807, 2.05) is 6.07 Å². The maximum Gasteiger partial charge on any atom is 0.226 e. The van der Waals surface area contributed by atoms with E-state index in [0.29, 0.717) is 6.42 Å². The number of hydrogen-bond donors (Lipinski definition) is 1. The van der Waals surface area contributed by atoms with Crippen molar-refractivity contribution in [1.29, 1.82) is 0 Å². The molecule has 0 aromatic carbocycles. The Morgan fingerprint density at radius 3 is 3.20 bits per heavy atom. The second kappa shape index (κ2) is 3.88. The zero-order valence-corrected chi connectivity index (χ0v) is 9.03. The Morgan fingerprint density at radius 2 is 2.47 bits per heavy atom. The molecule has 1 unspecified atom stereocenters. The van der Waals surface area contributed by atoms with Crippen molar-refractivity contribution in [2.45, 2.75) is 26.3 Å². The molecule has 80 valence electrons. The van der Waals surface area contributed by atoms with Crippen molar-refractivity contribution >= 4 is 17.3 Å². The van der Waals surface area contributed by atoms with Gasteiger partial charge in [0.1, 0.15) is 0 Å². The summed E-state index contributed by atoms with van der Waals surface area (Å²) in [5, 5.41) is 2.87. The number of carbonyl (C=O) groups excluding carboxylic acids is 1. The first-order valence-corrected chi connectivity index (χ1v) is 5.23. The highest BCUT2D eigenvalue weighted by Crippen LogP contribution is 2.29.